The minimum Gasteiger partial charge on any atom is -0.361 e. The summed E-state index contributed by atoms with van der Waals surface area (Å²) in [7, 11) is 0. The molecule has 0 atom stereocenters. The lowest BCUT2D eigenvalue weighted by molar-refractivity contribution is -0.120. The highest BCUT2D eigenvalue weighted by Crippen LogP contribution is 2.31. The molecule has 3 nitrogen and oxygen atoms in total. The smallest absolute Gasteiger partial charge is 0.234 e. The minimum atomic E-state index is -0.616. The number of carbonyl (C=O) groups is 1. The molecule has 1 amide bonds. The fourth-order valence-corrected chi connectivity index (χ4v) is 2.52. The molecular formula is C18H18N2O. The van der Waals surface area contributed by atoms with Crippen molar-refractivity contribution in [2.45, 2.75) is 19.3 Å². The van der Waals surface area contributed by atoms with Gasteiger partial charge in [-0.1, -0.05) is 36.4 Å². The van der Waals surface area contributed by atoms with E-state index in [-0.39, 0.29) is 5.91 Å². The van der Waals surface area contributed by atoms with E-state index in [0.717, 1.165) is 22.2 Å². The van der Waals surface area contributed by atoms with Crippen LogP contribution in [0.25, 0.3) is 10.9 Å². The third-order valence-electron chi connectivity index (χ3n) is 3.86. The lowest BCUT2D eigenvalue weighted by atomic mass is 9.83. The van der Waals surface area contributed by atoms with Gasteiger partial charge in [0.2, 0.25) is 5.91 Å². The van der Waals surface area contributed by atoms with Gasteiger partial charge in [-0.2, -0.15) is 0 Å². The molecule has 1 heterocycles. The molecule has 1 aromatic heterocycles. The van der Waals surface area contributed by atoms with Crippen LogP contribution in [0.1, 0.15) is 19.4 Å². The summed E-state index contributed by atoms with van der Waals surface area (Å²) in [4.78, 5) is 15.9. The van der Waals surface area contributed by atoms with E-state index in [1.807, 2.05) is 74.6 Å². The number of anilines is 1. The van der Waals surface area contributed by atoms with E-state index >= 15 is 0 Å². The van der Waals surface area contributed by atoms with Crippen molar-refractivity contribution in [1.82, 2.24) is 4.98 Å². The Hall–Kier alpha value is -2.55. The van der Waals surface area contributed by atoms with E-state index < -0.39 is 5.41 Å². The Bertz CT molecular complexity index is 772. The van der Waals surface area contributed by atoms with Crippen molar-refractivity contribution in [3.63, 3.8) is 0 Å². The number of rotatable bonds is 3. The van der Waals surface area contributed by atoms with Crippen molar-refractivity contribution in [3.05, 3.63) is 66.4 Å². The normalized spacial score (nSPS) is 11.5. The monoisotopic (exact) mass is 278 g/mol. The average molecular weight is 278 g/mol. The number of aromatic nitrogens is 1. The molecule has 0 unspecified atom stereocenters. The molecule has 0 aliphatic heterocycles. The van der Waals surface area contributed by atoms with Crippen LogP contribution in [-0.4, -0.2) is 10.9 Å². The second-order valence-corrected chi connectivity index (χ2v) is 5.69. The van der Waals surface area contributed by atoms with Crippen molar-refractivity contribution in [1.29, 1.82) is 0 Å². The SMILES string of the molecule is CC(C)(C(=O)Nc1ccccc1)c1c[nH]c2ccccc12. The number of H-pyrrole nitrogens is 1. The number of benzene rings is 2. The summed E-state index contributed by atoms with van der Waals surface area (Å²) < 4.78 is 0. The van der Waals surface area contributed by atoms with Crippen LogP contribution in [0.5, 0.6) is 0 Å². The number of nitrogens with one attached hydrogen (secondary N) is 2. The Morgan fingerprint density at radius 1 is 1.00 bits per heavy atom. The second kappa shape index (κ2) is 5.09. The van der Waals surface area contributed by atoms with Gasteiger partial charge in [0.05, 0.1) is 5.41 Å². The maximum absolute atomic E-state index is 12.7. The standard InChI is InChI=1S/C18H18N2O/c1-18(2,17(21)20-13-8-4-3-5-9-13)15-12-19-16-11-7-6-10-14(15)16/h3-12,19H,1-2H3,(H,20,21). The van der Waals surface area contributed by atoms with Crippen molar-refractivity contribution in [2.75, 3.05) is 5.32 Å². The molecular weight excluding hydrogens is 260 g/mol. The molecule has 0 saturated carbocycles. The molecule has 2 N–H and O–H groups in total. The zero-order chi connectivity index (χ0) is 14.9. The van der Waals surface area contributed by atoms with Gasteiger partial charge in [-0.25, -0.2) is 0 Å². The zero-order valence-corrected chi connectivity index (χ0v) is 12.2. The molecule has 2 aromatic carbocycles. The van der Waals surface area contributed by atoms with Crippen LogP contribution in [0.4, 0.5) is 5.69 Å². The van der Waals surface area contributed by atoms with E-state index in [1.165, 1.54) is 0 Å². The molecule has 0 saturated heterocycles. The second-order valence-electron chi connectivity index (χ2n) is 5.69. The summed E-state index contributed by atoms with van der Waals surface area (Å²) in [6.45, 7) is 3.89. The highest BCUT2D eigenvalue weighted by molar-refractivity contribution is 6.01. The van der Waals surface area contributed by atoms with Gasteiger partial charge in [-0.3, -0.25) is 4.79 Å². The van der Waals surface area contributed by atoms with Crippen molar-refractivity contribution in [3.8, 4) is 0 Å². The molecule has 3 rings (SSSR count). The topological polar surface area (TPSA) is 44.9 Å². The molecule has 0 spiro atoms. The number of hydrogen-bond acceptors (Lipinski definition) is 1. The molecule has 0 aliphatic rings. The van der Waals surface area contributed by atoms with Crippen LogP contribution >= 0.6 is 0 Å². The lowest BCUT2D eigenvalue weighted by Gasteiger charge is -2.23. The van der Waals surface area contributed by atoms with Gasteiger partial charge in [0.15, 0.2) is 0 Å². The summed E-state index contributed by atoms with van der Waals surface area (Å²) in [5.41, 5.74) is 2.25. The van der Waals surface area contributed by atoms with Gasteiger partial charge in [0.25, 0.3) is 0 Å². The maximum atomic E-state index is 12.7. The van der Waals surface area contributed by atoms with Crippen LogP contribution in [-0.2, 0) is 10.2 Å². The van der Waals surface area contributed by atoms with Crippen LogP contribution in [0, 0.1) is 0 Å². The van der Waals surface area contributed by atoms with Crippen LogP contribution in [0.15, 0.2) is 60.8 Å². The Labute approximate surface area is 124 Å². The molecule has 0 aliphatic carbocycles. The van der Waals surface area contributed by atoms with Crippen LogP contribution in [0.2, 0.25) is 0 Å². The zero-order valence-electron chi connectivity index (χ0n) is 12.2. The van der Waals surface area contributed by atoms with Crippen molar-refractivity contribution in [2.24, 2.45) is 0 Å². The number of fused-ring (bicyclic) bond motifs is 1. The van der Waals surface area contributed by atoms with Crippen molar-refractivity contribution >= 4 is 22.5 Å². The quantitative estimate of drug-likeness (QED) is 0.745. The Kier molecular flexibility index (Phi) is 3.26. The molecule has 0 radical (unpaired) electrons. The third kappa shape index (κ3) is 2.42. The number of hydrogen-bond donors (Lipinski definition) is 2. The minimum absolute atomic E-state index is 0.0153. The summed E-state index contributed by atoms with van der Waals surface area (Å²) >= 11 is 0. The summed E-state index contributed by atoms with van der Waals surface area (Å²) in [6.07, 6.45) is 1.93. The Morgan fingerprint density at radius 2 is 1.67 bits per heavy atom. The van der Waals surface area contributed by atoms with Crippen molar-refractivity contribution < 1.29 is 4.79 Å². The molecule has 3 aromatic rings. The largest absolute Gasteiger partial charge is 0.361 e. The van der Waals surface area contributed by atoms with Gasteiger partial charge in [0, 0.05) is 22.8 Å². The fraction of sp³-hybridized carbons (Fsp3) is 0.167. The fourth-order valence-electron chi connectivity index (χ4n) is 2.52. The van der Waals surface area contributed by atoms with E-state index in [9.17, 15) is 4.79 Å². The Balaban J connectivity index is 1.94. The molecule has 21 heavy (non-hydrogen) atoms. The average Bonchev–Trinajstić information content (AvgIpc) is 2.93. The van der Waals surface area contributed by atoms with Gasteiger partial charge < -0.3 is 10.3 Å². The first kappa shape index (κ1) is 13.4. The molecule has 106 valence electrons. The lowest BCUT2D eigenvalue weighted by Crippen LogP contribution is -2.34. The number of carbonyl (C=O) groups excluding carboxylic acids is 1. The van der Waals surface area contributed by atoms with E-state index in [1.54, 1.807) is 0 Å². The molecule has 0 fully saturated rings. The first-order valence-corrected chi connectivity index (χ1v) is 7.02. The summed E-state index contributed by atoms with van der Waals surface area (Å²) in [5.74, 6) is -0.0153. The first-order chi connectivity index (χ1) is 10.1. The van der Waals surface area contributed by atoms with Gasteiger partial charge in [-0.15, -0.1) is 0 Å². The van der Waals surface area contributed by atoms with E-state index in [0.29, 0.717) is 0 Å². The summed E-state index contributed by atoms with van der Waals surface area (Å²) in [6, 6.07) is 17.6. The summed E-state index contributed by atoms with van der Waals surface area (Å²) in [5, 5.41) is 4.07. The van der Waals surface area contributed by atoms with E-state index in [4.69, 9.17) is 0 Å². The highest BCUT2D eigenvalue weighted by atomic mass is 16.2. The predicted octanol–water partition coefficient (Wildman–Crippen LogP) is 4.08. The number of aromatic amines is 1. The first-order valence-electron chi connectivity index (χ1n) is 7.02. The van der Waals surface area contributed by atoms with Gasteiger partial charge in [0.1, 0.15) is 0 Å². The number of amides is 1. The maximum Gasteiger partial charge on any atom is 0.234 e. The van der Waals surface area contributed by atoms with E-state index in [2.05, 4.69) is 10.3 Å². The van der Waals surface area contributed by atoms with Gasteiger partial charge >= 0.3 is 0 Å². The van der Waals surface area contributed by atoms with Crippen LogP contribution in [0.3, 0.4) is 0 Å². The predicted molar refractivity (Wildman–Crippen MR) is 86.4 cm³/mol. The van der Waals surface area contributed by atoms with Crippen LogP contribution < -0.4 is 5.32 Å². The molecule has 0 bridgehead atoms. The highest BCUT2D eigenvalue weighted by Gasteiger charge is 2.32. The van der Waals surface area contributed by atoms with Gasteiger partial charge in [-0.05, 0) is 37.6 Å². The number of para-hydroxylation sites is 2. The molecule has 3 heteroatoms. The Morgan fingerprint density at radius 3 is 2.43 bits per heavy atom. The third-order valence-corrected chi connectivity index (χ3v) is 3.86.